The van der Waals surface area contributed by atoms with Gasteiger partial charge in [-0.2, -0.15) is 0 Å². The summed E-state index contributed by atoms with van der Waals surface area (Å²) in [5.41, 5.74) is 6.11. The molecule has 26 heavy (non-hydrogen) atoms. The van der Waals surface area contributed by atoms with Crippen LogP contribution in [0.15, 0.2) is 66.7 Å². The highest BCUT2D eigenvalue weighted by atomic mass is 16.5. The van der Waals surface area contributed by atoms with Crippen molar-refractivity contribution in [2.24, 2.45) is 0 Å². The summed E-state index contributed by atoms with van der Waals surface area (Å²) in [6, 6.07) is 16.0. The number of carbonyl (C=O) groups is 3. The Morgan fingerprint density at radius 3 is 2.00 bits per heavy atom. The molecule has 0 saturated heterocycles. The summed E-state index contributed by atoms with van der Waals surface area (Å²) in [6.45, 7) is 1.31. The van der Waals surface area contributed by atoms with Gasteiger partial charge in [-0.1, -0.05) is 42.5 Å². The topological polar surface area (TPSA) is 84.5 Å². The van der Waals surface area contributed by atoms with E-state index in [1.807, 2.05) is 30.3 Å². The predicted octanol–water partition coefficient (Wildman–Crippen LogP) is 2.49. The summed E-state index contributed by atoms with van der Waals surface area (Å²) >= 11 is 0. The molecule has 2 aromatic carbocycles. The highest BCUT2D eigenvalue weighted by Gasteiger charge is 2.00. The monoisotopic (exact) mass is 350 g/mol. The van der Waals surface area contributed by atoms with Crippen molar-refractivity contribution in [2.45, 2.75) is 6.92 Å². The molecule has 2 aromatic rings. The van der Waals surface area contributed by atoms with Crippen LogP contribution in [0.25, 0.3) is 12.2 Å². The molecule has 2 amide bonds. The van der Waals surface area contributed by atoms with Crippen LogP contribution in [0.1, 0.15) is 18.1 Å². The van der Waals surface area contributed by atoms with Crippen LogP contribution in [0.5, 0.6) is 5.75 Å². The van der Waals surface area contributed by atoms with Crippen LogP contribution in [-0.4, -0.2) is 17.8 Å². The number of amides is 2. The van der Waals surface area contributed by atoms with Crippen LogP contribution >= 0.6 is 0 Å². The standard InChI is InChI=1S/C20H18N2O4/c1-15(23)26-18-9-5-8-17(14-18)11-13-20(25)22-21-19(24)12-10-16-6-3-2-4-7-16/h2-14H,1H3,(H,21,24)(H,22,25)/b12-10?,13-11+. The SMILES string of the molecule is CC(=O)Oc1cccc(/C=C/C(=O)NNC(=O)C=Cc2ccccc2)c1. The molecule has 0 heterocycles. The van der Waals surface area contributed by atoms with Gasteiger partial charge >= 0.3 is 5.97 Å². The lowest BCUT2D eigenvalue weighted by molar-refractivity contribution is -0.131. The molecule has 2 rings (SSSR count). The second-order valence-electron chi connectivity index (χ2n) is 5.22. The number of esters is 1. The Kier molecular flexibility index (Phi) is 6.88. The molecule has 0 aliphatic carbocycles. The molecule has 0 spiro atoms. The van der Waals surface area contributed by atoms with Crippen molar-refractivity contribution in [1.29, 1.82) is 0 Å². The Balaban J connectivity index is 1.83. The van der Waals surface area contributed by atoms with Crippen molar-refractivity contribution in [2.75, 3.05) is 0 Å². The van der Waals surface area contributed by atoms with Gasteiger partial charge in [0.25, 0.3) is 11.8 Å². The molecule has 0 aliphatic rings. The van der Waals surface area contributed by atoms with Crippen LogP contribution in [0.4, 0.5) is 0 Å². The zero-order valence-electron chi connectivity index (χ0n) is 14.1. The zero-order chi connectivity index (χ0) is 18.8. The third-order valence-corrected chi connectivity index (χ3v) is 3.08. The quantitative estimate of drug-likeness (QED) is 0.375. The van der Waals surface area contributed by atoms with Crippen LogP contribution in [0.2, 0.25) is 0 Å². The number of benzene rings is 2. The second-order valence-corrected chi connectivity index (χ2v) is 5.22. The molecule has 0 radical (unpaired) electrons. The van der Waals surface area contributed by atoms with E-state index < -0.39 is 17.8 Å². The number of hydrogen-bond acceptors (Lipinski definition) is 4. The van der Waals surface area contributed by atoms with Crippen molar-refractivity contribution in [1.82, 2.24) is 10.9 Å². The van der Waals surface area contributed by atoms with Crippen LogP contribution in [0, 0.1) is 0 Å². The van der Waals surface area contributed by atoms with E-state index in [1.165, 1.54) is 25.2 Å². The minimum absolute atomic E-state index is 0.388. The number of rotatable bonds is 5. The van der Waals surface area contributed by atoms with E-state index in [9.17, 15) is 14.4 Å². The van der Waals surface area contributed by atoms with E-state index in [0.29, 0.717) is 11.3 Å². The minimum atomic E-state index is -0.496. The molecule has 0 fully saturated rings. The van der Waals surface area contributed by atoms with Crippen LogP contribution in [0.3, 0.4) is 0 Å². The van der Waals surface area contributed by atoms with E-state index in [1.54, 1.807) is 30.3 Å². The Morgan fingerprint density at radius 1 is 0.808 bits per heavy atom. The molecule has 0 aliphatic heterocycles. The summed E-state index contributed by atoms with van der Waals surface area (Å²) < 4.78 is 4.97. The number of hydrazine groups is 1. The molecule has 0 atom stereocenters. The normalized spacial score (nSPS) is 10.7. The maximum atomic E-state index is 11.7. The van der Waals surface area contributed by atoms with Crippen molar-refractivity contribution in [3.63, 3.8) is 0 Å². The molecular formula is C20H18N2O4. The molecule has 0 aromatic heterocycles. The van der Waals surface area contributed by atoms with Gasteiger partial charge in [0.2, 0.25) is 0 Å². The van der Waals surface area contributed by atoms with E-state index in [0.717, 1.165) is 5.56 Å². The summed E-state index contributed by atoms with van der Waals surface area (Å²) in [5.74, 6) is -0.980. The summed E-state index contributed by atoms with van der Waals surface area (Å²) in [6.07, 6.45) is 5.75. The Morgan fingerprint density at radius 2 is 1.38 bits per heavy atom. The highest BCUT2D eigenvalue weighted by molar-refractivity contribution is 5.96. The third kappa shape index (κ3) is 6.84. The maximum Gasteiger partial charge on any atom is 0.308 e. The molecule has 132 valence electrons. The first-order chi connectivity index (χ1) is 12.5. The lowest BCUT2D eigenvalue weighted by Crippen LogP contribution is -2.39. The molecule has 6 heteroatoms. The van der Waals surface area contributed by atoms with E-state index in [-0.39, 0.29) is 0 Å². The average molecular weight is 350 g/mol. The van der Waals surface area contributed by atoms with Gasteiger partial charge in [0.05, 0.1) is 0 Å². The molecule has 6 nitrogen and oxygen atoms in total. The fourth-order valence-electron chi connectivity index (χ4n) is 1.96. The highest BCUT2D eigenvalue weighted by Crippen LogP contribution is 2.14. The van der Waals surface area contributed by atoms with Crippen LogP contribution < -0.4 is 15.6 Å². The number of nitrogens with one attached hydrogen (secondary N) is 2. The lowest BCUT2D eigenvalue weighted by Gasteiger charge is -2.03. The first kappa shape index (κ1) is 18.7. The first-order valence-corrected chi connectivity index (χ1v) is 7.82. The summed E-state index contributed by atoms with van der Waals surface area (Å²) in [5, 5.41) is 0. The smallest absolute Gasteiger partial charge is 0.308 e. The van der Waals surface area contributed by atoms with Crippen LogP contribution in [-0.2, 0) is 14.4 Å². The minimum Gasteiger partial charge on any atom is -0.427 e. The van der Waals surface area contributed by atoms with Crippen molar-refractivity contribution >= 4 is 29.9 Å². The fourth-order valence-corrected chi connectivity index (χ4v) is 1.96. The maximum absolute atomic E-state index is 11.7. The third-order valence-electron chi connectivity index (χ3n) is 3.08. The van der Waals surface area contributed by atoms with Crippen molar-refractivity contribution in [3.05, 3.63) is 77.9 Å². The molecule has 0 bridgehead atoms. The Labute approximate surface area is 151 Å². The van der Waals surface area contributed by atoms with Gasteiger partial charge in [0, 0.05) is 19.1 Å². The number of ether oxygens (including phenoxy) is 1. The van der Waals surface area contributed by atoms with Gasteiger partial charge in [-0.25, -0.2) is 0 Å². The van der Waals surface area contributed by atoms with Gasteiger partial charge in [-0.3, -0.25) is 25.2 Å². The number of hydrogen-bond donors (Lipinski definition) is 2. The first-order valence-electron chi connectivity index (χ1n) is 7.82. The Hall–Kier alpha value is -3.67. The zero-order valence-corrected chi connectivity index (χ0v) is 14.1. The van der Waals surface area contributed by atoms with Gasteiger partial charge in [0.15, 0.2) is 0 Å². The average Bonchev–Trinajstić information content (AvgIpc) is 2.63. The summed E-state index contributed by atoms with van der Waals surface area (Å²) in [7, 11) is 0. The van der Waals surface area contributed by atoms with Gasteiger partial charge < -0.3 is 4.74 Å². The molecular weight excluding hydrogens is 332 g/mol. The fraction of sp³-hybridized carbons (Fsp3) is 0.0500. The van der Waals surface area contributed by atoms with Gasteiger partial charge in [0.1, 0.15) is 5.75 Å². The van der Waals surface area contributed by atoms with Crippen molar-refractivity contribution < 1.29 is 19.1 Å². The van der Waals surface area contributed by atoms with Gasteiger partial charge in [-0.05, 0) is 35.4 Å². The largest absolute Gasteiger partial charge is 0.427 e. The molecule has 0 unspecified atom stereocenters. The lowest BCUT2D eigenvalue weighted by atomic mass is 10.2. The second kappa shape index (κ2) is 9.58. The van der Waals surface area contributed by atoms with E-state index >= 15 is 0 Å². The molecule has 2 N–H and O–H groups in total. The van der Waals surface area contributed by atoms with E-state index in [4.69, 9.17) is 4.74 Å². The number of carbonyl (C=O) groups excluding carboxylic acids is 3. The predicted molar refractivity (Wildman–Crippen MR) is 98.5 cm³/mol. The van der Waals surface area contributed by atoms with Crippen molar-refractivity contribution in [3.8, 4) is 5.75 Å². The van der Waals surface area contributed by atoms with E-state index in [2.05, 4.69) is 10.9 Å². The van der Waals surface area contributed by atoms with Gasteiger partial charge in [-0.15, -0.1) is 0 Å². The summed E-state index contributed by atoms with van der Waals surface area (Å²) in [4.78, 5) is 34.3. The molecule has 0 saturated carbocycles. The Bertz CT molecular complexity index is 842.